The SMILES string of the molecule is CCOc1cccc([C@@H]2c3c(oc4ccccc4c3=O)C(=O)N2CCCN(C)C)c1. The molecule has 0 saturated heterocycles. The molecule has 0 aliphatic carbocycles. The van der Waals surface area contributed by atoms with Gasteiger partial charge in [0.05, 0.1) is 23.6 Å². The van der Waals surface area contributed by atoms with Gasteiger partial charge in [0.2, 0.25) is 5.76 Å². The molecular weight excluding hydrogens is 380 g/mol. The van der Waals surface area contributed by atoms with Gasteiger partial charge in [0.25, 0.3) is 5.91 Å². The Kier molecular flexibility index (Phi) is 5.59. The van der Waals surface area contributed by atoms with Crippen LogP contribution in [0.25, 0.3) is 11.0 Å². The van der Waals surface area contributed by atoms with Crippen molar-refractivity contribution in [2.45, 2.75) is 19.4 Å². The highest BCUT2D eigenvalue weighted by molar-refractivity contribution is 5.99. The molecule has 1 aliphatic heterocycles. The maximum absolute atomic E-state index is 13.4. The number of hydrogen-bond acceptors (Lipinski definition) is 5. The van der Waals surface area contributed by atoms with Gasteiger partial charge in [-0.3, -0.25) is 9.59 Å². The van der Waals surface area contributed by atoms with Gasteiger partial charge in [-0.05, 0) is 63.8 Å². The Morgan fingerprint density at radius 3 is 2.67 bits per heavy atom. The number of rotatable bonds is 7. The minimum Gasteiger partial charge on any atom is -0.494 e. The minimum absolute atomic E-state index is 0.148. The second-order valence-corrected chi connectivity index (χ2v) is 7.73. The molecule has 0 radical (unpaired) electrons. The molecular formula is C24H26N2O4. The van der Waals surface area contributed by atoms with Crippen molar-refractivity contribution >= 4 is 16.9 Å². The Bertz CT molecular complexity index is 1140. The molecule has 3 aromatic rings. The van der Waals surface area contributed by atoms with E-state index in [0.717, 1.165) is 18.5 Å². The Morgan fingerprint density at radius 1 is 1.10 bits per heavy atom. The fraction of sp³-hybridized carbons (Fsp3) is 0.333. The zero-order valence-electron chi connectivity index (χ0n) is 17.6. The summed E-state index contributed by atoms with van der Waals surface area (Å²) in [6.07, 6.45) is 0.794. The van der Waals surface area contributed by atoms with Gasteiger partial charge in [-0.2, -0.15) is 0 Å². The molecule has 0 unspecified atom stereocenters. The molecule has 6 nitrogen and oxygen atoms in total. The topological polar surface area (TPSA) is 63.0 Å². The van der Waals surface area contributed by atoms with Gasteiger partial charge in [0.15, 0.2) is 5.43 Å². The Morgan fingerprint density at radius 2 is 1.90 bits per heavy atom. The van der Waals surface area contributed by atoms with Crippen molar-refractivity contribution in [1.29, 1.82) is 0 Å². The van der Waals surface area contributed by atoms with E-state index in [2.05, 4.69) is 4.90 Å². The molecule has 0 N–H and O–H groups in total. The van der Waals surface area contributed by atoms with E-state index < -0.39 is 6.04 Å². The first-order valence-corrected chi connectivity index (χ1v) is 10.3. The second kappa shape index (κ2) is 8.32. The summed E-state index contributed by atoms with van der Waals surface area (Å²) in [5.74, 6) is 0.628. The lowest BCUT2D eigenvalue weighted by atomic mass is 9.98. The summed E-state index contributed by atoms with van der Waals surface area (Å²) in [5.41, 5.74) is 1.55. The number of carbonyl (C=O) groups is 1. The maximum Gasteiger partial charge on any atom is 0.290 e. The van der Waals surface area contributed by atoms with Crippen molar-refractivity contribution in [2.75, 3.05) is 33.8 Å². The van der Waals surface area contributed by atoms with Gasteiger partial charge in [0.1, 0.15) is 11.3 Å². The van der Waals surface area contributed by atoms with Crippen LogP contribution in [0.5, 0.6) is 5.75 Å². The van der Waals surface area contributed by atoms with Gasteiger partial charge in [-0.25, -0.2) is 0 Å². The van der Waals surface area contributed by atoms with E-state index in [1.54, 1.807) is 23.1 Å². The summed E-state index contributed by atoms with van der Waals surface area (Å²) in [4.78, 5) is 30.6. The zero-order chi connectivity index (χ0) is 21.3. The molecule has 2 heterocycles. The maximum atomic E-state index is 13.4. The summed E-state index contributed by atoms with van der Waals surface area (Å²) >= 11 is 0. The van der Waals surface area contributed by atoms with Crippen molar-refractivity contribution in [3.05, 3.63) is 75.6 Å². The predicted octanol–water partition coefficient (Wildman–Crippen LogP) is 3.69. The lowest BCUT2D eigenvalue weighted by molar-refractivity contribution is 0.0722. The highest BCUT2D eigenvalue weighted by atomic mass is 16.5. The van der Waals surface area contributed by atoms with Gasteiger partial charge >= 0.3 is 0 Å². The van der Waals surface area contributed by atoms with E-state index in [4.69, 9.17) is 9.15 Å². The molecule has 156 valence electrons. The van der Waals surface area contributed by atoms with Crippen LogP contribution >= 0.6 is 0 Å². The quantitative estimate of drug-likeness (QED) is 0.599. The van der Waals surface area contributed by atoms with E-state index in [0.29, 0.717) is 35.4 Å². The highest BCUT2D eigenvalue weighted by Crippen LogP contribution is 2.39. The number of amides is 1. The average molecular weight is 406 g/mol. The van der Waals surface area contributed by atoms with Crippen molar-refractivity contribution < 1.29 is 13.9 Å². The van der Waals surface area contributed by atoms with E-state index in [9.17, 15) is 9.59 Å². The van der Waals surface area contributed by atoms with Gasteiger partial charge in [-0.1, -0.05) is 24.3 Å². The molecule has 1 aromatic heterocycles. The van der Waals surface area contributed by atoms with Gasteiger partial charge in [-0.15, -0.1) is 0 Å². The van der Waals surface area contributed by atoms with Crippen molar-refractivity contribution in [2.24, 2.45) is 0 Å². The Balaban J connectivity index is 1.85. The van der Waals surface area contributed by atoms with Gasteiger partial charge < -0.3 is 19.0 Å². The van der Waals surface area contributed by atoms with E-state index in [1.165, 1.54) is 0 Å². The third kappa shape index (κ3) is 3.59. The first kappa shape index (κ1) is 20.2. The molecule has 0 saturated carbocycles. The fourth-order valence-electron chi connectivity index (χ4n) is 4.04. The number of ether oxygens (including phenoxy) is 1. The van der Waals surface area contributed by atoms with Crippen molar-refractivity contribution in [1.82, 2.24) is 9.80 Å². The summed E-state index contributed by atoms with van der Waals surface area (Å²) in [6.45, 7) is 3.84. The van der Waals surface area contributed by atoms with Crippen LogP contribution < -0.4 is 10.2 Å². The van der Waals surface area contributed by atoms with Crippen molar-refractivity contribution in [3.8, 4) is 5.75 Å². The van der Waals surface area contributed by atoms with Crippen LogP contribution in [0, 0.1) is 0 Å². The minimum atomic E-state index is -0.490. The van der Waals surface area contributed by atoms with Crippen LogP contribution in [-0.2, 0) is 0 Å². The van der Waals surface area contributed by atoms with E-state index in [1.807, 2.05) is 51.4 Å². The fourth-order valence-corrected chi connectivity index (χ4v) is 4.04. The molecule has 2 aromatic carbocycles. The molecule has 0 fully saturated rings. The standard InChI is InChI=1S/C24H26N2O4/c1-4-29-17-10-7-9-16(15-17)21-20-22(27)18-11-5-6-12-19(18)30-23(20)24(28)26(21)14-8-13-25(2)3/h5-7,9-12,15,21H,4,8,13-14H2,1-3H3/t21-/m1/s1. The molecule has 0 spiro atoms. The van der Waals surface area contributed by atoms with Crippen LogP contribution in [-0.4, -0.2) is 49.5 Å². The first-order valence-electron chi connectivity index (χ1n) is 10.3. The first-order chi connectivity index (χ1) is 14.5. The molecule has 6 heteroatoms. The predicted molar refractivity (Wildman–Crippen MR) is 116 cm³/mol. The summed E-state index contributed by atoms with van der Waals surface area (Å²) in [5, 5.41) is 0.491. The smallest absolute Gasteiger partial charge is 0.290 e. The van der Waals surface area contributed by atoms with E-state index >= 15 is 0 Å². The zero-order valence-corrected chi connectivity index (χ0v) is 17.6. The number of nitrogens with zero attached hydrogens (tertiary/aromatic N) is 2. The summed E-state index contributed by atoms with van der Waals surface area (Å²) in [6, 6.07) is 14.2. The third-order valence-corrected chi connectivity index (χ3v) is 5.36. The second-order valence-electron chi connectivity index (χ2n) is 7.73. The van der Waals surface area contributed by atoms with Crippen LogP contribution in [0.4, 0.5) is 0 Å². The largest absolute Gasteiger partial charge is 0.494 e. The monoisotopic (exact) mass is 406 g/mol. The van der Waals surface area contributed by atoms with Gasteiger partial charge in [0, 0.05) is 6.54 Å². The van der Waals surface area contributed by atoms with Crippen LogP contribution in [0.1, 0.15) is 41.1 Å². The molecule has 1 aliphatic rings. The van der Waals surface area contributed by atoms with Crippen LogP contribution in [0.15, 0.2) is 57.7 Å². The number of para-hydroxylation sites is 1. The average Bonchev–Trinajstić information content (AvgIpc) is 3.01. The molecule has 4 rings (SSSR count). The number of carbonyl (C=O) groups excluding carboxylic acids is 1. The third-order valence-electron chi connectivity index (χ3n) is 5.36. The Hall–Kier alpha value is -3.12. The highest BCUT2D eigenvalue weighted by Gasteiger charge is 2.42. The van der Waals surface area contributed by atoms with Crippen LogP contribution in [0.2, 0.25) is 0 Å². The molecule has 0 bridgehead atoms. The number of fused-ring (bicyclic) bond motifs is 2. The molecule has 1 atom stereocenters. The Labute approximate surface area is 175 Å². The normalized spacial score (nSPS) is 15.8. The molecule has 30 heavy (non-hydrogen) atoms. The lowest BCUT2D eigenvalue weighted by Crippen LogP contribution is -2.32. The molecule has 1 amide bonds. The number of benzene rings is 2. The van der Waals surface area contributed by atoms with E-state index in [-0.39, 0.29) is 17.1 Å². The van der Waals surface area contributed by atoms with Crippen LogP contribution in [0.3, 0.4) is 0 Å². The summed E-state index contributed by atoms with van der Waals surface area (Å²) < 4.78 is 11.6. The summed E-state index contributed by atoms with van der Waals surface area (Å²) in [7, 11) is 4.00. The lowest BCUT2D eigenvalue weighted by Gasteiger charge is -2.26. The number of hydrogen-bond donors (Lipinski definition) is 0. The van der Waals surface area contributed by atoms with Crippen molar-refractivity contribution in [3.63, 3.8) is 0 Å².